The fourth-order valence-corrected chi connectivity index (χ4v) is 7.23. The first kappa shape index (κ1) is 25.6. The van der Waals surface area contributed by atoms with Crippen molar-refractivity contribution in [1.29, 1.82) is 0 Å². The minimum Gasteiger partial charge on any atom is -0.490 e. The number of hydrogen-bond acceptors (Lipinski definition) is 5. The third-order valence-corrected chi connectivity index (χ3v) is 9.22. The monoisotopic (exact) mass is 539 g/mol. The standard InChI is InChI=1S/C33H34NO4P/c1-22-21-23(2)36-29-18-12-20-31-33(29)32-28(35-22)17-11-19-30(32)37-39(38-31)34(24(3)26-13-7-5-8-14-26)25(4)27-15-9-6-10-16-27/h5-20,22-25H,21H2,1-4H3/t22-,23-,24-,25-/m1/s1. The molecule has 5 aromatic rings. The minimum absolute atomic E-state index is 0.0114. The van der Waals surface area contributed by atoms with Gasteiger partial charge in [0.05, 0.1) is 23.0 Å². The third kappa shape index (κ3) is 5.05. The Bertz CT molecular complexity index is 1500. The lowest BCUT2D eigenvalue weighted by molar-refractivity contribution is 0.135. The quantitative estimate of drug-likeness (QED) is 0.222. The summed E-state index contributed by atoms with van der Waals surface area (Å²) >= 11 is 0. The molecular weight excluding hydrogens is 505 g/mol. The average Bonchev–Trinajstić information content (AvgIpc) is 3.08. The van der Waals surface area contributed by atoms with Gasteiger partial charge in [-0.1, -0.05) is 72.8 Å². The van der Waals surface area contributed by atoms with Crippen molar-refractivity contribution in [3.63, 3.8) is 0 Å². The van der Waals surface area contributed by atoms with Gasteiger partial charge in [0.1, 0.15) is 22.7 Å². The predicted molar refractivity (Wildman–Crippen MR) is 159 cm³/mol. The average molecular weight is 540 g/mol. The van der Waals surface area contributed by atoms with Crippen LogP contribution in [0.4, 0.5) is 0 Å². The Balaban J connectivity index is 1.65. The first-order valence-corrected chi connectivity index (χ1v) is 14.8. The van der Waals surface area contributed by atoms with Gasteiger partial charge >= 0.3 is 8.16 Å². The van der Waals surface area contributed by atoms with Crippen LogP contribution in [-0.2, 0) is 0 Å². The SMILES string of the molecule is C[C@@H]1C[C@@H](C)Oc2cccc3op(N([C@H](C)c4ccccc4)[C@H](C)c4ccccc4)oc4cccc(c4c23)O1. The molecule has 1 aliphatic heterocycles. The van der Waals surface area contributed by atoms with Crippen LogP contribution < -0.4 is 14.1 Å². The van der Waals surface area contributed by atoms with Crippen LogP contribution in [0, 0.1) is 0 Å². The zero-order valence-electron chi connectivity index (χ0n) is 22.8. The molecule has 0 saturated heterocycles. The molecule has 0 aliphatic carbocycles. The predicted octanol–water partition coefficient (Wildman–Crippen LogP) is 9.69. The summed E-state index contributed by atoms with van der Waals surface area (Å²) in [4.78, 5) is 0. The van der Waals surface area contributed by atoms with Crippen molar-refractivity contribution in [3.8, 4) is 11.5 Å². The number of rotatable bonds is 5. The molecule has 0 amide bonds. The molecule has 0 spiro atoms. The maximum absolute atomic E-state index is 6.89. The number of nitrogens with zero attached hydrogens (tertiary/aromatic N) is 1. The van der Waals surface area contributed by atoms with E-state index in [0.29, 0.717) is 0 Å². The van der Waals surface area contributed by atoms with Crippen molar-refractivity contribution < 1.29 is 17.9 Å². The Kier molecular flexibility index (Phi) is 7.12. The van der Waals surface area contributed by atoms with Crippen LogP contribution >= 0.6 is 8.16 Å². The molecule has 6 rings (SSSR count). The summed E-state index contributed by atoms with van der Waals surface area (Å²) in [5.74, 6) is 1.57. The van der Waals surface area contributed by atoms with Gasteiger partial charge in [-0.2, -0.15) is 4.67 Å². The van der Waals surface area contributed by atoms with Crippen molar-refractivity contribution in [2.45, 2.75) is 58.4 Å². The molecule has 1 aromatic heterocycles. The van der Waals surface area contributed by atoms with Gasteiger partial charge in [0.2, 0.25) is 0 Å². The van der Waals surface area contributed by atoms with Crippen molar-refractivity contribution in [2.75, 3.05) is 4.67 Å². The fraction of sp³-hybridized carbons (Fsp3) is 0.273. The molecule has 0 unspecified atom stereocenters. The number of ether oxygens (including phenoxy) is 2. The summed E-state index contributed by atoms with van der Waals surface area (Å²) in [6.07, 6.45) is 0.754. The molecule has 0 N–H and O–H groups in total. The van der Waals surface area contributed by atoms with Gasteiger partial charge in [0.15, 0.2) is 0 Å². The molecule has 2 heterocycles. The number of hydrogen-bond donors (Lipinski definition) is 0. The highest BCUT2D eigenvalue weighted by atomic mass is 31.1. The van der Waals surface area contributed by atoms with Crippen molar-refractivity contribution in [1.82, 2.24) is 0 Å². The Morgan fingerprint density at radius 3 is 1.49 bits per heavy atom. The van der Waals surface area contributed by atoms with E-state index in [-0.39, 0.29) is 24.3 Å². The third-order valence-electron chi connectivity index (χ3n) is 7.45. The summed E-state index contributed by atoms with van der Waals surface area (Å²) in [5, 5.41) is 1.77. The second-order valence-electron chi connectivity index (χ2n) is 10.3. The van der Waals surface area contributed by atoms with E-state index in [2.05, 4.69) is 80.9 Å². The maximum atomic E-state index is 6.89. The van der Waals surface area contributed by atoms with Gasteiger partial charge in [-0.25, -0.2) is 0 Å². The van der Waals surface area contributed by atoms with Crippen LogP contribution in [0.5, 0.6) is 11.5 Å². The van der Waals surface area contributed by atoms with E-state index in [1.807, 2.05) is 48.5 Å². The molecule has 4 atom stereocenters. The lowest BCUT2D eigenvalue weighted by Gasteiger charge is -2.31. The van der Waals surface area contributed by atoms with Crippen molar-refractivity contribution >= 4 is 30.1 Å². The molecule has 6 heteroatoms. The van der Waals surface area contributed by atoms with Gasteiger partial charge in [-0.15, -0.1) is 0 Å². The van der Waals surface area contributed by atoms with E-state index in [0.717, 1.165) is 39.9 Å². The van der Waals surface area contributed by atoms with E-state index < -0.39 is 8.16 Å². The van der Waals surface area contributed by atoms with E-state index in [9.17, 15) is 0 Å². The molecule has 0 bridgehead atoms. The second-order valence-corrected chi connectivity index (χ2v) is 11.6. The van der Waals surface area contributed by atoms with Crippen molar-refractivity contribution in [2.24, 2.45) is 0 Å². The summed E-state index contributed by atoms with van der Waals surface area (Å²) in [6, 6.07) is 33.2. The van der Waals surface area contributed by atoms with Crippen LogP contribution in [0.15, 0.2) is 105 Å². The minimum atomic E-state index is -1.58. The Morgan fingerprint density at radius 1 is 0.615 bits per heavy atom. The Labute approximate surface area is 230 Å². The van der Waals surface area contributed by atoms with Crippen molar-refractivity contribution in [3.05, 3.63) is 108 Å². The maximum Gasteiger partial charge on any atom is 0.310 e. The lowest BCUT2D eigenvalue weighted by Crippen LogP contribution is -2.27. The van der Waals surface area contributed by atoms with Crippen LogP contribution in [0.3, 0.4) is 0 Å². The zero-order chi connectivity index (χ0) is 26.9. The normalized spacial score (nSPS) is 18.6. The molecule has 39 heavy (non-hydrogen) atoms. The van der Waals surface area contributed by atoms with Gasteiger partial charge in [0, 0.05) is 18.5 Å². The van der Waals surface area contributed by atoms with Gasteiger partial charge in [0.25, 0.3) is 0 Å². The van der Waals surface area contributed by atoms with Gasteiger partial charge < -0.3 is 17.9 Å². The molecular formula is C33H34NO4P. The van der Waals surface area contributed by atoms with E-state index in [1.54, 1.807) is 0 Å². The molecule has 0 saturated carbocycles. The van der Waals surface area contributed by atoms with E-state index >= 15 is 0 Å². The zero-order valence-corrected chi connectivity index (χ0v) is 23.7. The molecule has 5 nitrogen and oxygen atoms in total. The molecule has 0 radical (unpaired) electrons. The topological polar surface area (TPSA) is 48.0 Å². The fourth-order valence-electron chi connectivity index (χ4n) is 5.53. The smallest absolute Gasteiger partial charge is 0.310 e. The van der Waals surface area contributed by atoms with E-state index in [4.69, 9.17) is 17.9 Å². The van der Waals surface area contributed by atoms with Gasteiger partial charge in [-0.3, -0.25) is 0 Å². The summed E-state index contributed by atoms with van der Waals surface area (Å²) in [6.45, 7) is 8.61. The molecule has 200 valence electrons. The van der Waals surface area contributed by atoms with Crippen LogP contribution in [0.1, 0.15) is 57.3 Å². The molecule has 4 aromatic carbocycles. The summed E-state index contributed by atoms with van der Waals surface area (Å²) in [7, 11) is -1.58. The second kappa shape index (κ2) is 10.8. The molecule has 0 fully saturated rings. The Morgan fingerprint density at radius 2 is 1.05 bits per heavy atom. The highest BCUT2D eigenvalue weighted by Crippen LogP contribution is 2.48. The summed E-state index contributed by atoms with van der Waals surface area (Å²) < 4.78 is 29.1. The first-order chi connectivity index (χ1) is 19.0. The number of benzene rings is 4. The first-order valence-electron chi connectivity index (χ1n) is 13.6. The largest absolute Gasteiger partial charge is 0.490 e. The molecule has 1 aliphatic rings. The highest BCUT2D eigenvalue weighted by Gasteiger charge is 2.30. The highest BCUT2D eigenvalue weighted by molar-refractivity contribution is 7.39. The lowest BCUT2D eigenvalue weighted by atomic mass is 10.0. The van der Waals surface area contributed by atoms with Crippen LogP contribution in [0.2, 0.25) is 0 Å². The van der Waals surface area contributed by atoms with Gasteiger partial charge in [-0.05, 0) is 63.1 Å². The van der Waals surface area contributed by atoms with E-state index in [1.165, 1.54) is 11.1 Å². The summed E-state index contributed by atoms with van der Waals surface area (Å²) in [5.41, 5.74) is 3.87. The Hall–Kier alpha value is -3.66. The van der Waals surface area contributed by atoms with Crippen LogP contribution in [-0.4, -0.2) is 12.2 Å². The van der Waals surface area contributed by atoms with Crippen LogP contribution in [0.25, 0.3) is 21.9 Å².